The topological polar surface area (TPSA) is 95.9 Å². The number of carbonyl (C=O) groups is 1. The van der Waals surface area contributed by atoms with E-state index in [0.717, 1.165) is 22.0 Å². The number of halogens is 1. The van der Waals surface area contributed by atoms with E-state index in [-0.39, 0.29) is 30.3 Å². The lowest BCUT2D eigenvalue weighted by Crippen LogP contribution is -2.51. The maximum atomic E-state index is 13.3. The van der Waals surface area contributed by atoms with Gasteiger partial charge in [-0.05, 0) is 42.2 Å². The number of alkyl carbamates (subject to hydrolysis) is 1. The average Bonchev–Trinajstić information content (AvgIpc) is 2.73. The van der Waals surface area contributed by atoms with Crippen LogP contribution in [0.2, 0.25) is 0 Å². The van der Waals surface area contributed by atoms with Crippen molar-refractivity contribution in [2.45, 2.75) is 37.3 Å². The lowest BCUT2D eigenvalue weighted by molar-refractivity contribution is 0.0944. The molecule has 0 saturated carbocycles. The Hall–Kier alpha value is -2.49. The molecule has 1 amide bonds. The number of nitrogens with zero attached hydrogens (tertiary/aromatic N) is 1. The Morgan fingerprint density at radius 2 is 1.71 bits per heavy atom. The minimum Gasteiger partial charge on any atom is -0.453 e. The van der Waals surface area contributed by atoms with E-state index in [1.165, 1.54) is 19.2 Å². The smallest absolute Gasteiger partial charge is 0.407 e. The maximum Gasteiger partial charge on any atom is 0.407 e. The standard InChI is InChI=1S/C22H29FN2O5S/c1-16(2)14-25(31(28,29)19-11-9-18(23)10-12-19)15-21(26)20(24-22(27)30-3)13-17-7-5-4-6-8-17/h4-12,16,20-21,26H,13-15H2,1-3H3,(H,24,27)/t20-,21+/m0/s1. The van der Waals surface area contributed by atoms with E-state index in [4.69, 9.17) is 0 Å². The van der Waals surface area contributed by atoms with Crippen molar-refractivity contribution in [3.05, 3.63) is 66.0 Å². The number of benzene rings is 2. The SMILES string of the molecule is COC(=O)N[C@@H](Cc1ccccc1)[C@H](O)CN(CC(C)C)S(=O)(=O)c1ccc(F)cc1. The fourth-order valence-electron chi connectivity index (χ4n) is 3.13. The first kappa shape index (κ1) is 24.8. The van der Waals surface area contributed by atoms with E-state index in [2.05, 4.69) is 10.1 Å². The van der Waals surface area contributed by atoms with Gasteiger partial charge in [-0.2, -0.15) is 4.31 Å². The van der Waals surface area contributed by atoms with Crippen molar-refractivity contribution in [3.63, 3.8) is 0 Å². The van der Waals surface area contributed by atoms with Crippen LogP contribution in [0.15, 0.2) is 59.5 Å². The molecule has 7 nitrogen and oxygen atoms in total. The summed E-state index contributed by atoms with van der Waals surface area (Å²) in [6.07, 6.45) is -1.66. The molecule has 0 bridgehead atoms. The van der Waals surface area contributed by atoms with Crippen molar-refractivity contribution in [3.8, 4) is 0 Å². The molecular weight excluding hydrogens is 423 g/mol. The van der Waals surface area contributed by atoms with Crippen LogP contribution in [0.25, 0.3) is 0 Å². The Kier molecular flexibility index (Phi) is 8.97. The third-order valence-electron chi connectivity index (χ3n) is 4.66. The predicted octanol–water partition coefficient (Wildman–Crippen LogP) is 2.80. The van der Waals surface area contributed by atoms with Gasteiger partial charge in [0.25, 0.3) is 0 Å². The number of hydrogen-bond acceptors (Lipinski definition) is 5. The van der Waals surface area contributed by atoms with Gasteiger partial charge in [0, 0.05) is 13.1 Å². The summed E-state index contributed by atoms with van der Waals surface area (Å²) in [6, 6.07) is 13.0. The summed E-state index contributed by atoms with van der Waals surface area (Å²) in [6.45, 7) is 3.61. The van der Waals surface area contributed by atoms with Gasteiger partial charge in [0.2, 0.25) is 10.0 Å². The molecule has 2 aromatic rings. The number of rotatable bonds is 10. The minimum atomic E-state index is -3.99. The van der Waals surface area contributed by atoms with Gasteiger partial charge in [-0.1, -0.05) is 44.2 Å². The quantitative estimate of drug-likeness (QED) is 0.578. The van der Waals surface area contributed by atoms with Crippen LogP contribution in [0, 0.1) is 11.7 Å². The highest BCUT2D eigenvalue weighted by Gasteiger charge is 2.31. The van der Waals surface area contributed by atoms with E-state index in [9.17, 15) is 22.7 Å². The predicted molar refractivity (Wildman–Crippen MR) is 115 cm³/mol. The fourth-order valence-corrected chi connectivity index (χ4v) is 4.75. The molecule has 2 rings (SSSR count). The first-order valence-corrected chi connectivity index (χ1v) is 11.4. The van der Waals surface area contributed by atoms with Crippen molar-refractivity contribution < 1.29 is 27.4 Å². The highest BCUT2D eigenvalue weighted by atomic mass is 32.2. The van der Waals surface area contributed by atoms with Crippen LogP contribution in [0.5, 0.6) is 0 Å². The van der Waals surface area contributed by atoms with Crippen LogP contribution in [0.4, 0.5) is 9.18 Å². The van der Waals surface area contributed by atoms with E-state index >= 15 is 0 Å². The number of aliphatic hydroxyl groups excluding tert-OH is 1. The first-order valence-electron chi connectivity index (χ1n) is 9.95. The molecule has 0 fully saturated rings. The Morgan fingerprint density at radius 1 is 1.10 bits per heavy atom. The number of methoxy groups -OCH3 is 1. The minimum absolute atomic E-state index is 0.0245. The molecular formula is C22H29FN2O5S. The summed E-state index contributed by atoms with van der Waals surface area (Å²) in [4.78, 5) is 11.8. The van der Waals surface area contributed by atoms with E-state index < -0.39 is 34.1 Å². The number of nitrogens with one attached hydrogen (secondary N) is 1. The molecule has 0 aliphatic carbocycles. The van der Waals surface area contributed by atoms with Gasteiger partial charge in [0.05, 0.1) is 24.2 Å². The zero-order chi connectivity index (χ0) is 23.0. The Labute approximate surface area is 182 Å². The molecule has 0 unspecified atom stereocenters. The number of carbonyl (C=O) groups excluding carboxylic acids is 1. The Morgan fingerprint density at radius 3 is 2.26 bits per heavy atom. The van der Waals surface area contributed by atoms with Gasteiger partial charge >= 0.3 is 6.09 Å². The molecule has 0 aliphatic rings. The van der Waals surface area contributed by atoms with Gasteiger partial charge in [-0.3, -0.25) is 0 Å². The summed E-state index contributed by atoms with van der Waals surface area (Å²) in [5, 5.41) is 13.5. The first-order chi connectivity index (χ1) is 14.6. The van der Waals surface area contributed by atoms with Gasteiger partial charge in [0.1, 0.15) is 5.82 Å². The highest BCUT2D eigenvalue weighted by molar-refractivity contribution is 7.89. The maximum absolute atomic E-state index is 13.3. The molecule has 0 aliphatic heterocycles. The van der Waals surface area contributed by atoms with Gasteiger partial charge < -0.3 is 15.2 Å². The molecule has 0 radical (unpaired) electrons. The summed E-state index contributed by atoms with van der Waals surface area (Å²) < 4.78 is 45.4. The molecule has 2 N–H and O–H groups in total. The van der Waals surface area contributed by atoms with Gasteiger partial charge in [0.15, 0.2) is 0 Å². The van der Waals surface area contributed by atoms with Crippen molar-refractivity contribution in [2.75, 3.05) is 20.2 Å². The number of amides is 1. The fraction of sp³-hybridized carbons (Fsp3) is 0.409. The summed E-state index contributed by atoms with van der Waals surface area (Å²) in [5.41, 5.74) is 0.861. The van der Waals surface area contributed by atoms with E-state index in [0.29, 0.717) is 0 Å². The van der Waals surface area contributed by atoms with Crippen molar-refractivity contribution >= 4 is 16.1 Å². The van der Waals surface area contributed by atoms with Crippen LogP contribution in [0.3, 0.4) is 0 Å². The Bertz CT molecular complexity index is 936. The van der Waals surface area contributed by atoms with E-state index in [1.54, 1.807) is 0 Å². The van der Waals surface area contributed by atoms with E-state index in [1.807, 2.05) is 44.2 Å². The largest absolute Gasteiger partial charge is 0.453 e. The molecule has 0 aromatic heterocycles. The normalized spacial score (nSPS) is 13.8. The highest BCUT2D eigenvalue weighted by Crippen LogP contribution is 2.19. The van der Waals surface area contributed by atoms with Crippen molar-refractivity contribution in [2.24, 2.45) is 5.92 Å². The van der Waals surface area contributed by atoms with Crippen LogP contribution >= 0.6 is 0 Å². The molecule has 0 heterocycles. The lowest BCUT2D eigenvalue weighted by Gasteiger charge is -2.30. The number of ether oxygens (including phenoxy) is 1. The molecule has 9 heteroatoms. The number of hydrogen-bond donors (Lipinski definition) is 2. The molecule has 2 atom stereocenters. The van der Waals surface area contributed by atoms with Gasteiger partial charge in [-0.15, -0.1) is 0 Å². The third kappa shape index (κ3) is 7.30. The molecule has 2 aromatic carbocycles. The zero-order valence-corrected chi connectivity index (χ0v) is 18.7. The lowest BCUT2D eigenvalue weighted by atomic mass is 10.0. The van der Waals surface area contributed by atoms with Crippen LogP contribution in [-0.4, -0.2) is 56.3 Å². The summed E-state index contributed by atoms with van der Waals surface area (Å²) in [7, 11) is -2.77. The van der Waals surface area contributed by atoms with Crippen molar-refractivity contribution in [1.29, 1.82) is 0 Å². The van der Waals surface area contributed by atoms with Crippen LogP contribution in [-0.2, 0) is 21.2 Å². The third-order valence-corrected chi connectivity index (χ3v) is 6.51. The Balaban J connectivity index is 2.28. The average molecular weight is 453 g/mol. The second kappa shape index (κ2) is 11.2. The monoisotopic (exact) mass is 452 g/mol. The number of aliphatic hydroxyl groups is 1. The number of sulfonamides is 1. The summed E-state index contributed by atoms with van der Waals surface area (Å²) in [5.74, 6) is -0.567. The van der Waals surface area contributed by atoms with Crippen molar-refractivity contribution in [1.82, 2.24) is 9.62 Å². The van der Waals surface area contributed by atoms with Crippen LogP contribution in [0.1, 0.15) is 19.4 Å². The summed E-state index contributed by atoms with van der Waals surface area (Å²) >= 11 is 0. The second-order valence-corrected chi connectivity index (χ2v) is 9.61. The van der Waals surface area contributed by atoms with Crippen LogP contribution < -0.4 is 5.32 Å². The second-order valence-electron chi connectivity index (χ2n) is 7.67. The molecule has 0 saturated heterocycles. The molecule has 170 valence electrons. The molecule has 31 heavy (non-hydrogen) atoms. The zero-order valence-electron chi connectivity index (χ0n) is 17.9. The molecule has 0 spiro atoms. The van der Waals surface area contributed by atoms with Gasteiger partial charge in [-0.25, -0.2) is 17.6 Å².